The van der Waals surface area contributed by atoms with Gasteiger partial charge in [0.05, 0.1) is 11.4 Å². The van der Waals surface area contributed by atoms with Gasteiger partial charge in [-0.05, 0) is 12.5 Å². The smallest absolute Gasteiger partial charge is 0.162 e. The second-order valence-electron chi connectivity index (χ2n) is 4.94. The molecule has 0 bridgehead atoms. The minimum absolute atomic E-state index is 0.696. The molecule has 3 nitrogen and oxygen atoms in total. The molecule has 22 heavy (non-hydrogen) atoms. The second kappa shape index (κ2) is 6.68. The van der Waals surface area contributed by atoms with Crippen LogP contribution in [0.1, 0.15) is 22.6 Å². The summed E-state index contributed by atoms with van der Waals surface area (Å²) in [6.07, 6.45) is 3.75. The molecule has 0 aliphatic heterocycles. The van der Waals surface area contributed by atoms with E-state index in [9.17, 15) is 0 Å². The molecule has 0 fully saturated rings. The van der Waals surface area contributed by atoms with E-state index in [1.807, 2.05) is 85.9 Å². The summed E-state index contributed by atoms with van der Waals surface area (Å²) in [4.78, 5) is 4.62. The highest BCUT2D eigenvalue weighted by Crippen LogP contribution is 2.20. The first-order chi connectivity index (χ1) is 10.8. The summed E-state index contributed by atoms with van der Waals surface area (Å²) in [5.41, 5.74) is 3.77. The zero-order valence-corrected chi connectivity index (χ0v) is 12.3. The van der Waals surface area contributed by atoms with Crippen molar-refractivity contribution in [1.82, 2.24) is 5.16 Å². The Morgan fingerprint density at radius 3 is 2.32 bits per heavy atom. The maximum Gasteiger partial charge on any atom is 0.162 e. The van der Waals surface area contributed by atoms with Gasteiger partial charge in [0.1, 0.15) is 0 Å². The van der Waals surface area contributed by atoms with E-state index in [0.29, 0.717) is 5.76 Å². The normalized spacial score (nSPS) is 12.0. The Balaban J connectivity index is 1.96. The molecule has 0 amide bonds. The van der Waals surface area contributed by atoms with Crippen LogP contribution in [0.5, 0.6) is 0 Å². The molecule has 0 radical (unpaired) electrons. The van der Waals surface area contributed by atoms with Crippen LogP contribution in [0, 0.1) is 6.92 Å². The van der Waals surface area contributed by atoms with Crippen molar-refractivity contribution in [3.05, 3.63) is 89.3 Å². The van der Waals surface area contributed by atoms with E-state index >= 15 is 0 Å². The Labute approximate surface area is 129 Å². The average Bonchev–Trinajstić information content (AvgIpc) is 2.98. The molecule has 0 aliphatic rings. The van der Waals surface area contributed by atoms with Gasteiger partial charge in [-0.25, -0.2) is 0 Å². The van der Waals surface area contributed by atoms with Gasteiger partial charge in [-0.1, -0.05) is 65.8 Å². The predicted octanol–water partition coefficient (Wildman–Crippen LogP) is 4.60. The standard InChI is InChI=1S/C19H16N2O/c1-15-12-18(22-21-15)13-19(17-10-6-3-7-11-17)20-14-16-8-4-2-5-9-16/h2-14H,1H3/b19-13+,20-14?. The van der Waals surface area contributed by atoms with E-state index in [2.05, 4.69) is 10.1 Å². The number of rotatable bonds is 4. The molecule has 2 aromatic carbocycles. The highest BCUT2D eigenvalue weighted by molar-refractivity contribution is 5.89. The van der Waals surface area contributed by atoms with Gasteiger partial charge in [0, 0.05) is 23.9 Å². The maximum atomic E-state index is 5.27. The van der Waals surface area contributed by atoms with Crippen molar-refractivity contribution < 1.29 is 4.52 Å². The summed E-state index contributed by atoms with van der Waals surface area (Å²) in [5.74, 6) is 0.696. The highest BCUT2D eigenvalue weighted by Gasteiger charge is 2.03. The first-order valence-electron chi connectivity index (χ1n) is 7.11. The number of hydrogen-bond donors (Lipinski definition) is 0. The molecule has 0 saturated heterocycles. The molecule has 1 aromatic heterocycles. The molecule has 0 aliphatic carbocycles. The van der Waals surface area contributed by atoms with Gasteiger partial charge in [-0.3, -0.25) is 4.99 Å². The fourth-order valence-electron chi connectivity index (χ4n) is 2.07. The van der Waals surface area contributed by atoms with E-state index in [0.717, 1.165) is 22.5 Å². The van der Waals surface area contributed by atoms with Gasteiger partial charge in [-0.15, -0.1) is 0 Å². The van der Waals surface area contributed by atoms with Crippen molar-refractivity contribution in [2.45, 2.75) is 6.92 Å². The van der Waals surface area contributed by atoms with Gasteiger partial charge in [0.15, 0.2) is 5.76 Å². The van der Waals surface area contributed by atoms with Gasteiger partial charge >= 0.3 is 0 Å². The molecule has 0 unspecified atom stereocenters. The Kier molecular flexibility index (Phi) is 4.25. The van der Waals surface area contributed by atoms with Crippen molar-refractivity contribution in [2.75, 3.05) is 0 Å². The first-order valence-corrected chi connectivity index (χ1v) is 7.11. The van der Waals surface area contributed by atoms with Crippen LogP contribution in [-0.4, -0.2) is 11.4 Å². The quantitative estimate of drug-likeness (QED) is 0.658. The summed E-state index contributed by atoms with van der Waals surface area (Å²) in [7, 11) is 0. The van der Waals surface area contributed by atoms with Crippen LogP contribution in [0.2, 0.25) is 0 Å². The van der Waals surface area contributed by atoms with E-state index in [-0.39, 0.29) is 0 Å². The van der Waals surface area contributed by atoms with Crippen LogP contribution in [0.4, 0.5) is 0 Å². The number of aromatic nitrogens is 1. The fourth-order valence-corrected chi connectivity index (χ4v) is 2.07. The Hall–Kier alpha value is -2.94. The van der Waals surface area contributed by atoms with Crippen molar-refractivity contribution >= 4 is 18.0 Å². The van der Waals surface area contributed by atoms with Crippen molar-refractivity contribution in [1.29, 1.82) is 0 Å². The van der Waals surface area contributed by atoms with E-state index in [1.165, 1.54) is 0 Å². The minimum Gasteiger partial charge on any atom is -0.357 e. The number of nitrogens with zero attached hydrogens (tertiary/aromatic N) is 2. The molecule has 3 heteroatoms. The lowest BCUT2D eigenvalue weighted by atomic mass is 10.1. The monoisotopic (exact) mass is 288 g/mol. The molecular weight excluding hydrogens is 272 g/mol. The van der Waals surface area contributed by atoms with Crippen LogP contribution in [0.15, 0.2) is 76.2 Å². The van der Waals surface area contributed by atoms with Crippen LogP contribution in [-0.2, 0) is 0 Å². The third-order valence-corrected chi connectivity index (χ3v) is 3.15. The molecule has 0 N–H and O–H groups in total. The third-order valence-electron chi connectivity index (χ3n) is 3.15. The molecule has 1 heterocycles. The summed E-state index contributed by atoms with van der Waals surface area (Å²) in [6.45, 7) is 1.90. The van der Waals surface area contributed by atoms with Crippen molar-refractivity contribution in [3.63, 3.8) is 0 Å². The second-order valence-corrected chi connectivity index (χ2v) is 4.94. The topological polar surface area (TPSA) is 38.4 Å². The number of aliphatic imine (C=N–C) groups is 1. The van der Waals surface area contributed by atoms with E-state index in [4.69, 9.17) is 4.52 Å². The zero-order valence-electron chi connectivity index (χ0n) is 12.3. The van der Waals surface area contributed by atoms with Crippen LogP contribution in [0.25, 0.3) is 11.8 Å². The lowest BCUT2D eigenvalue weighted by Gasteiger charge is -2.01. The summed E-state index contributed by atoms with van der Waals surface area (Å²) in [5, 5.41) is 3.91. The number of aryl methyl sites for hydroxylation is 1. The molecule has 3 rings (SSSR count). The minimum atomic E-state index is 0.696. The largest absolute Gasteiger partial charge is 0.357 e. The zero-order chi connectivity index (χ0) is 15.2. The molecule has 0 atom stereocenters. The molecule has 0 spiro atoms. The lowest BCUT2D eigenvalue weighted by molar-refractivity contribution is 0.408. The SMILES string of the molecule is Cc1cc(/C=C(/N=Cc2ccccc2)c2ccccc2)on1. The van der Waals surface area contributed by atoms with Gasteiger partial charge in [0.2, 0.25) is 0 Å². The number of hydrogen-bond acceptors (Lipinski definition) is 3. The van der Waals surface area contributed by atoms with Crippen LogP contribution < -0.4 is 0 Å². The molecule has 108 valence electrons. The van der Waals surface area contributed by atoms with Gasteiger partial charge in [-0.2, -0.15) is 0 Å². The van der Waals surface area contributed by atoms with Crippen molar-refractivity contribution in [2.24, 2.45) is 4.99 Å². The molecule has 0 saturated carbocycles. The van der Waals surface area contributed by atoms with Gasteiger partial charge in [0.25, 0.3) is 0 Å². The molecule has 3 aromatic rings. The highest BCUT2D eigenvalue weighted by atomic mass is 16.5. The Morgan fingerprint density at radius 2 is 1.68 bits per heavy atom. The van der Waals surface area contributed by atoms with Crippen LogP contribution in [0.3, 0.4) is 0 Å². The van der Waals surface area contributed by atoms with E-state index < -0.39 is 0 Å². The van der Waals surface area contributed by atoms with Crippen molar-refractivity contribution in [3.8, 4) is 0 Å². The Bertz CT molecular complexity index is 787. The maximum absolute atomic E-state index is 5.27. The number of benzene rings is 2. The average molecular weight is 288 g/mol. The van der Waals surface area contributed by atoms with Gasteiger partial charge < -0.3 is 4.52 Å². The van der Waals surface area contributed by atoms with E-state index in [1.54, 1.807) is 0 Å². The summed E-state index contributed by atoms with van der Waals surface area (Å²) in [6, 6.07) is 21.9. The summed E-state index contributed by atoms with van der Waals surface area (Å²) < 4.78 is 5.27. The predicted molar refractivity (Wildman–Crippen MR) is 89.6 cm³/mol. The van der Waals surface area contributed by atoms with Crippen LogP contribution >= 0.6 is 0 Å². The fraction of sp³-hybridized carbons (Fsp3) is 0.0526. The lowest BCUT2D eigenvalue weighted by Crippen LogP contribution is -1.84. The first kappa shape index (κ1) is 14.0. The molecular formula is C19H16N2O. The summed E-state index contributed by atoms with van der Waals surface area (Å²) >= 11 is 0. The third kappa shape index (κ3) is 3.58. The Morgan fingerprint density at radius 1 is 1.00 bits per heavy atom.